The Labute approximate surface area is 145 Å². The van der Waals surface area contributed by atoms with Crippen LogP contribution in [0, 0.1) is 0 Å². The van der Waals surface area contributed by atoms with Crippen molar-refractivity contribution >= 4 is 23.2 Å². The van der Waals surface area contributed by atoms with Crippen molar-refractivity contribution in [1.29, 1.82) is 0 Å². The zero-order chi connectivity index (χ0) is 17.4. The van der Waals surface area contributed by atoms with Crippen LogP contribution < -0.4 is 10.2 Å². The Bertz CT molecular complexity index is 536. The van der Waals surface area contributed by atoms with Crippen molar-refractivity contribution in [2.45, 2.75) is 46.0 Å². The summed E-state index contributed by atoms with van der Waals surface area (Å²) in [5.41, 5.74) is 2.03. The Hall–Kier alpha value is -2.04. The fourth-order valence-corrected chi connectivity index (χ4v) is 3.06. The van der Waals surface area contributed by atoms with Crippen molar-refractivity contribution in [2.24, 2.45) is 0 Å². The molecule has 0 bridgehead atoms. The molecule has 1 aromatic rings. The van der Waals surface area contributed by atoms with E-state index in [9.17, 15) is 9.59 Å². The van der Waals surface area contributed by atoms with Crippen LogP contribution in [0.4, 0.5) is 11.4 Å². The maximum absolute atomic E-state index is 12.1. The standard InChI is InChI=1S/C19H29N3O2/c1-3-12-21(16(2)23)15-11-19(24)20-17-7-9-18(10-8-17)22-13-5-4-6-14-22/h7-10H,3-6,11-15H2,1-2H3,(H,20,24). The lowest BCUT2D eigenvalue weighted by Crippen LogP contribution is -2.32. The van der Waals surface area contributed by atoms with Crippen molar-refractivity contribution in [2.75, 3.05) is 36.4 Å². The zero-order valence-electron chi connectivity index (χ0n) is 14.9. The van der Waals surface area contributed by atoms with E-state index in [0.29, 0.717) is 19.5 Å². The van der Waals surface area contributed by atoms with E-state index in [4.69, 9.17) is 0 Å². The first-order valence-electron chi connectivity index (χ1n) is 9.00. The molecular weight excluding hydrogens is 302 g/mol. The molecule has 132 valence electrons. The molecule has 0 radical (unpaired) electrons. The largest absolute Gasteiger partial charge is 0.372 e. The van der Waals surface area contributed by atoms with Crippen LogP contribution in [0.3, 0.4) is 0 Å². The van der Waals surface area contributed by atoms with Gasteiger partial charge in [-0.2, -0.15) is 0 Å². The van der Waals surface area contributed by atoms with Crippen molar-refractivity contribution in [3.05, 3.63) is 24.3 Å². The number of piperidine rings is 1. The lowest BCUT2D eigenvalue weighted by atomic mass is 10.1. The number of hydrogen-bond acceptors (Lipinski definition) is 3. The molecule has 0 aliphatic carbocycles. The van der Waals surface area contributed by atoms with Crippen LogP contribution >= 0.6 is 0 Å². The molecule has 5 nitrogen and oxygen atoms in total. The fraction of sp³-hybridized carbons (Fsp3) is 0.579. The van der Waals surface area contributed by atoms with Crippen molar-refractivity contribution < 1.29 is 9.59 Å². The average Bonchev–Trinajstić information content (AvgIpc) is 2.60. The third kappa shape index (κ3) is 5.55. The van der Waals surface area contributed by atoms with E-state index in [1.54, 1.807) is 11.8 Å². The highest BCUT2D eigenvalue weighted by molar-refractivity contribution is 5.91. The number of benzene rings is 1. The van der Waals surface area contributed by atoms with Crippen LogP contribution in [0.15, 0.2) is 24.3 Å². The number of nitrogens with one attached hydrogen (secondary N) is 1. The van der Waals surface area contributed by atoms with E-state index < -0.39 is 0 Å². The minimum atomic E-state index is -0.0527. The highest BCUT2D eigenvalue weighted by Crippen LogP contribution is 2.21. The Morgan fingerprint density at radius 1 is 1.08 bits per heavy atom. The summed E-state index contributed by atoms with van der Waals surface area (Å²) in [6, 6.07) is 8.05. The van der Waals surface area contributed by atoms with Gasteiger partial charge in [-0.3, -0.25) is 9.59 Å². The summed E-state index contributed by atoms with van der Waals surface area (Å²) in [5, 5.41) is 2.91. The summed E-state index contributed by atoms with van der Waals surface area (Å²) in [5.74, 6) is -0.0291. The number of nitrogens with zero attached hydrogens (tertiary/aromatic N) is 2. The van der Waals surface area contributed by atoms with Crippen LogP contribution in [0.2, 0.25) is 0 Å². The Kier molecular flexibility index (Phi) is 7.09. The first kappa shape index (κ1) is 18.3. The number of anilines is 2. The maximum Gasteiger partial charge on any atom is 0.226 e. The Balaban J connectivity index is 1.82. The number of rotatable bonds is 7. The second-order valence-corrected chi connectivity index (χ2v) is 6.40. The maximum atomic E-state index is 12.1. The van der Waals surface area contributed by atoms with Gasteiger partial charge in [0.05, 0.1) is 0 Å². The molecule has 0 saturated carbocycles. The molecular formula is C19H29N3O2. The molecule has 1 heterocycles. The van der Waals surface area contributed by atoms with Gasteiger partial charge in [-0.15, -0.1) is 0 Å². The first-order chi connectivity index (χ1) is 11.6. The molecule has 1 aliphatic rings. The predicted octanol–water partition coefficient (Wildman–Crippen LogP) is 3.26. The molecule has 0 aromatic heterocycles. The van der Waals surface area contributed by atoms with Gasteiger partial charge in [-0.1, -0.05) is 6.92 Å². The number of hydrogen-bond donors (Lipinski definition) is 1. The van der Waals surface area contributed by atoms with Gasteiger partial charge in [-0.25, -0.2) is 0 Å². The predicted molar refractivity (Wildman–Crippen MR) is 98.3 cm³/mol. The van der Waals surface area contributed by atoms with E-state index in [2.05, 4.69) is 22.3 Å². The number of carbonyl (C=O) groups is 2. The van der Waals surface area contributed by atoms with Gasteiger partial charge >= 0.3 is 0 Å². The molecule has 2 amide bonds. The SMILES string of the molecule is CCCN(CCC(=O)Nc1ccc(N2CCCCC2)cc1)C(C)=O. The first-order valence-corrected chi connectivity index (χ1v) is 9.00. The van der Waals surface area contributed by atoms with Crippen molar-refractivity contribution in [3.8, 4) is 0 Å². The van der Waals surface area contributed by atoms with Gasteiger partial charge in [0.1, 0.15) is 0 Å². The Morgan fingerprint density at radius 2 is 1.75 bits per heavy atom. The molecule has 24 heavy (non-hydrogen) atoms. The molecule has 1 aliphatic heterocycles. The molecule has 1 N–H and O–H groups in total. The number of amides is 2. The fourth-order valence-electron chi connectivity index (χ4n) is 3.06. The third-order valence-corrected chi connectivity index (χ3v) is 4.42. The van der Waals surface area contributed by atoms with Gasteiger partial charge in [0.25, 0.3) is 0 Å². The molecule has 1 aromatic carbocycles. The molecule has 1 saturated heterocycles. The molecule has 1 fully saturated rings. The van der Waals surface area contributed by atoms with Gasteiger partial charge in [0, 0.05) is 50.9 Å². The quantitative estimate of drug-likeness (QED) is 0.834. The lowest BCUT2D eigenvalue weighted by molar-refractivity contribution is -0.129. The summed E-state index contributed by atoms with van der Waals surface area (Å²) in [6.07, 6.45) is 5.05. The van der Waals surface area contributed by atoms with Crippen LogP contribution in [-0.2, 0) is 9.59 Å². The van der Waals surface area contributed by atoms with E-state index in [1.165, 1.54) is 24.9 Å². The second kappa shape index (κ2) is 9.30. The van der Waals surface area contributed by atoms with E-state index in [0.717, 1.165) is 25.2 Å². The average molecular weight is 331 g/mol. The normalized spacial score (nSPS) is 14.3. The monoisotopic (exact) mass is 331 g/mol. The highest BCUT2D eigenvalue weighted by atomic mass is 16.2. The van der Waals surface area contributed by atoms with Crippen molar-refractivity contribution in [1.82, 2.24) is 4.90 Å². The Morgan fingerprint density at radius 3 is 2.33 bits per heavy atom. The summed E-state index contributed by atoms with van der Waals surface area (Å²) >= 11 is 0. The lowest BCUT2D eigenvalue weighted by Gasteiger charge is -2.28. The van der Waals surface area contributed by atoms with E-state index in [1.807, 2.05) is 19.1 Å². The molecule has 0 unspecified atom stereocenters. The summed E-state index contributed by atoms with van der Waals surface area (Å²) in [7, 11) is 0. The number of carbonyl (C=O) groups excluding carboxylic acids is 2. The zero-order valence-corrected chi connectivity index (χ0v) is 14.9. The summed E-state index contributed by atoms with van der Waals surface area (Å²) in [6.45, 7) is 6.98. The molecule has 2 rings (SSSR count). The van der Waals surface area contributed by atoms with Gasteiger partial charge in [0.15, 0.2) is 0 Å². The van der Waals surface area contributed by atoms with Gasteiger partial charge in [0.2, 0.25) is 11.8 Å². The van der Waals surface area contributed by atoms with Gasteiger partial charge in [-0.05, 0) is 49.9 Å². The molecule has 5 heteroatoms. The van der Waals surface area contributed by atoms with Crippen molar-refractivity contribution in [3.63, 3.8) is 0 Å². The smallest absolute Gasteiger partial charge is 0.226 e. The van der Waals surface area contributed by atoms with E-state index in [-0.39, 0.29) is 11.8 Å². The van der Waals surface area contributed by atoms with Crippen LogP contribution in [0.5, 0.6) is 0 Å². The molecule has 0 spiro atoms. The summed E-state index contributed by atoms with van der Waals surface area (Å²) in [4.78, 5) is 27.7. The molecule has 0 atom stereocenters. The minimum absolute atomic E-state index is 0.0236. The van der Waals surface area contributed by atoms with Gasteiger partial charge < -0.3 is 15.1 Å². The van der Waals surface area contributed by atoms with Crippen LogP contribution in [0.1, 0.15) is 46.0 Å². The van der Waals surface area contributed by atoms with E-state index >= 15 is 0 Å². The second-order valence-electron chi connectivity index (χ2n) is 6.40. The summed E-state index contributed by atoms with van der Waals surface area (Å²) < 4.78 is 0. The highest BCUT2D eigenvalue weighted by Gasteiger charge is 2.12. The van der Waals surface area contributed by atoms with Crippen LogP contribution in [-0.4, -0.2) is 42.9 Å². The topological polar surface area (TPSA) is 52.7 Å². The van der Waals surface area contributed by atoms with Crippen LogP contribution in [0.25, 0.3) is 0 Å². The third-order valence-electron chi connectivity index (χ3n) is 4.42. The minimum Gasteiger partial charge on any atom is -0.372 e.